The zero-order chi connectivity index (χ0) is 15.0. The number of hydrogen-bond acceptors (Lipinski definition) is 4. The standard InChI is InChI=1S/C16H16ClNO3/c1-3-20-16(19)14-13(10-4-5-10)18-15(21-14)12-7-6-11(17)8-9(12)2/h6-8,10H,3-5H2,1-2H3. The van der Waals surface area contributed by atoms with Crippen molar-refractivity contribution in [2.24, 2.45) is 0 Å². The summed E-state index contributed by atoms with van der Waals surface area (Å²) >= 11 is 5.97. The van der Waals surface area contributed by atoms with Crippen LogP contribution in [0.3, 0.4) is 0 Å². The van der Waals surface area contributed by atoms with Gasteiger partial charge in [-0.2, -0.15) is 0 Å². The van der Waals surface area contributed by atoms with Crippen LogP contribution in [-0.4, -0.2) is 17.6 Å². The molecule has 21 heavy (non-hydrogen) atoms. The van der Waals surface area contributed by atoms with Crippen LogP contribution in [0.1, 0.15) is 47.5 Å². The van der Waals surface area contributed by atoms with Crippen molar-refractivity contribution >= 4 is 17.6 Å². The number of aromatic nitrogens is 1. The molecule has 0 aliphatic heterocycles. The van der Waals surface area contributed by atoms with Gasteiger partial charge < -0.3 is 9.15 Å². The summed E-state index contributed by atoms with van der Waals surface area (Å²) in [5.74, 6) is 0.567. The molecule has 2 aromatic rings. The second-order valence-corrected chi connectivity index (χ2v) is 5.62. The molecular weight excluding hydrogens is 290 g/mol. The molecule has 1 aliphatic rings. The first-order valence-corrected chi connectivity index (χ1v) is 7.42. The topological polar surface area (TPSA) is 52.3 Å². The van der Waals surface area contributed by atoms with Gasteiger partial charge in [-0.15, -0.1) is 0 Å². The Bertz CT molecular complexity index is 689. The molecule has 0 saturated heterocycles. The summed E-state index contributed by atoms with van der Waals surface area (Å²) in [5.41, 5.74) is 2.52. The lowest BCUT2D eigenvalue weighted by Crippen LogP contribution is -2.05. The molecule has 3 rings (SSSR count). The average Bonchev–Trinajstić information content (AvgIpc) is 3.19. The third-order valence-electron chi connectivity index (χ3n) is 3.50. The fourth-order valence-corrected chi connectivity index (χ4v) is 2.52. The van der Waals surface area contributed by atoms with Gasteiger partial charge in [0.25, 0.3) is 0 Å². The molecule has 0 unspecified atom stereocenters. The molecule has 0 bridgehead atoms. The minimum Gasteiger partial charge on any atom is -0.460 e. The summed E-state index contributed by atoms with van der Waals surface area (Å²) in [5, 5.41) is 0.663. The number of carbonyl (C=O) groups excluding carboxylic acids is 1. The minimum absolute atomic E-state index is 0.240. The molecule has 1 saturated carbocycles. The highest BCUT2D eigenvalue weighted by atomic mass is 35.5. The Morgan fingerprint density at radius 1 is 1.48 bits per heavy atom. The van der Waals surface area contributed by atoms with Gasteiger partial charge in [0.1, 0.15) is 0 Å². The summed E-state index contributed by atoms with van der Waals surface area (Å²) in [7, 11) is 0. The van der Waals surface area contributed by atoms with E-state index in [4.69, 9.17) is 20.8 Å². The number of rotatable bonds is 4. The number of oxazole rings is 1. The van der Waals surface area contributed by atoms with Crippen molar-refractivity contribution in [3.63, 3.8) is 0 Å². The molecule has 4 nitrogen and oxygen atoms in total. The number of nitrogens with zero attached hydrogens (tertiary/aromatic N) is 1. The second-order valence-electron chi connectivity index (χ2n) is 5.19. The zero-order valence-electron chi connectivity index (χ0n) is 12.0. The van der Waals surface area contributed by atoms with Crippen LogP contribution in [-0.2, 0) is 4.74 Å². The van der Waals surface area contributed by atoms with E-state index in [2.05, 4.69) is 4.98 Å². The summed E-state index contributed by atoms with van der Waals surface area (Å²) in [4.78, 5) is 16.5. The number of hydrogen-bond donors (Lipinski definition) is 0. The van der Waals surface area contributed by atoms with Gasteiger partial charge >= 0.3 is 5.97 Å². The molecule has 0 N–H and O–H groups in total. The van der Waals surface area contributed by atoms with Crippen LogP contribution in [0.2, 0.25) is 5.02 Å². The van der Waals surface area contributed by atoms with E-state index in [0.717, 1.165) is 29.7 Å². The van der Waals surface area contributed by atoms with E-state index in [0.29, 0.717) is 23.4 Å². The van der Waals surface area contributed by atoms with Crippen LogP contribution in [0.4, 0.5) is 0 Å². The molecule has 110 valence electrons. The first kappa shape index (κ1) is 14.1. The highest BCUT2D eigenvalue weighted by molar-refractivity contribution is 6.30. The average molecular weight is 306 g/mol. The van der Waals surface area contributed by atoms with Crippen molar-refractivity contribution in [1.82, 2.24) is 4.98 Å². The third kappa shape index (κ3) is 2.81. The maximum absolute atomic E-state index is 12.0. The van der Waals surface area contributed by atoms with Gasteiger partial charge in [0, 0.05) is 16.5 Å². The van der Waals surface area contributed by atoms with E-state index >= 15 is 0 Å². The van der Waals surface area contributed by atoms with Crippen LogP contribution >= 0.6 is 11.6 Å². The van der Waals surface area contributed by atoms with Crippen LogP contribution in [0, 0.1) is 6.92 Å². The largest absolute Gasteiger partial charge is 0.460 e. The van der Waals surface area contributed by atoms with Gasteiger partial charge in [0.05, 0.1) is 12.3 Å². The lowest BCUT2D eigenvalue weighted by Gasteiger charge is -2.01. The van der Waals surface area contributed by atoms with Crippen LogP contribution in [0.25, 0.3) is 11.5 Å². The summed E-state index contributed by atoms with van der Waals surface area (Å²) in [6.07, 6.45) is 2.08. The van der Waals surface area contributed by atoms with Crippen LogP contribution < -0.4 is 0 Å². The normalized spacial score (nSPS) is 14.2. The molecule has 1 fully saturated rings. The molecule has 0 atom stereocenters. The van der Waals surface area contributed by atoms with Crippen LogP contribution in [0.15, 0.2) is 22.6 Å². The van der Waals surface area contributed by atoms with Crippen molar-refractivity contribution in [3.8, 4) is 11.5 Å². The minimum atomic E-state index is -0.440. The quantitative estimate of drug-likeness (QED) is 0.788. The van der Waals surface area contributed by atoms with Gasteiger partial charge in [0.15, 0.2) is 0 Å². The monoisotopic (exact) mass is 305 g/mol. The lowest BCUT2D eigenvalue weighted by molar-refractivity contribution is 0.0489. The van der Waals surface area contributed by atoms with Gasteiger partial charge in [-0.1, -0.05) is 11.6 Å². The van der Waals surface area contributed by atoms with E-state index < -0.39 is 5.97 Å². The molecule has 1 aromatic carbocycles. The van der Waals surface area contributed by atoms with E-state index in [-0.39, 0.29) is 5.76 Å². The van der Waals surface area contributed by atoms with Crippen molar-refractivity contribution in [1.29, 1.82) is 0 Å². The van der Waals surface area contributed by atoms with E-state index in [9.17, 15) is 4.79 Å². The molecule has 0 spiro atoms. The van der Waals surface area contributed by atoms with Gasteiger partial charge in [0.2, 0.25) is 11.7 Å². The van der Waals surface area contributed by atoms with Gasteiger partial charge in [-0.05, 0) is 50.5 Å². The van der Waals surface area contributed by atoms with Crippen molar-refractivity contribution in [2.45, 2.75) is 32.6 Å². The van der Waals surface area contributed by atoms with Crippen LogP contribution in [0.5, 0.6) is 0 Å². The number of ether oxygens (including phenoxy) is 1. The van der Waals surface area contributed by atoms with E-state index in [1.54, 1.807) is 13.0 Å². The zero-order valence-corrected chi connectivity index (χ0v) is 12.7. The molecular formula is C16H16ClNO3. The Morgan fingerprint density at radius 2 is 2.24 bits per heavy atom. The Hall–Kier alpha value is -1.81. The SMILES string of the molecule is CCOC(=O)c1oc(-c2ccc(Cl)cc2C)nc1C1CC1. The predicted molar refractivity (Wildman–Crippen MR) is 79.6 cm³/mol. The summed E-state index contributed by atoms with van der Waals surface area (Å²) in [6, 6.07) is 5.49. The number of benzene rings is 1. The highest BCUT2D eigenvalue weighted by Gasteiger charge is 2.34. The number of esters is 1. The maximum Gasteiger partial charge on any atom is 0.376 e. The van der Waals surface area contributed by atoms with Gasteiger partial charge in [-0.25, -0.2) is 9.78 Å². The number of carbonyl (C=O) groups is 1. The Morgan fingerprint density at radius 3 is 2.86 bits per heavy atom. The predicted octanol–water partition coefficient (Wildman–Crippen LogP) is 4.36. The molecule has 0 amide bonds. The first-order chi connectivity index (χ1) is 10.1. The van der Waals surface area contributed by atoms with E-state index in [1.165, 1.54) is 0 Å². The summed E-state index contributed by atoms with van der Waals surface area (Å²) < 4.78 is 10.8. The lowest BCUT2D eigenvalue weighted by atomic mass is 10.1. The van der Waals surface area contributed by atoms with Crippen molar-refractivity contribution < 1.29 is 13.9 Å². The number of aryl methyl sites for hydroxylation is 1. The van der Waals surface area contributed by atoms with Crippen molar-refractivity contribution in [2.75, 3.05) is 6.61 Å². The molecule has 1 aromatic heterocycles. The molecule has 0 radical (unpaired) electrons. The Labute approximate surface area is 128 Å². The molecule has 1 aliphatic carbocycles. The summed E-state index contributed by atoms with van der Waals surface area (Å²) in [6.45, 7) is 4.03. The third-order valence-corrected chi connectivity index (χ3v) is 3.73. The Balaban J connectivity index is 2.03. The van der Waals surface area contributed by atoms with Crippen molar-refractivity contribution in [3.05, 3.63) is 40.2 Å². The smallest absolute Gasteiger partial charge is 0.376 e. The fourth-order valence-electron chi connectivity index (χ4n) is 2.29. The second kappa shape index (κ2) is 5.53. The Kier molecular flexibility index (Phi) is 3.72. The highest BCUT2D eigenvalue weighted by Crippen LogP contribution is 2.43. The molecule has 5 heteroatoms. The number of halogens is 1. The first-order valence-electron chi connectivity index (χ1n) is 7.04. The maximum atomic E-state index is 12.0. The molecule has 1 heterocycles. The fraction of sp³-hybridized carbons (Fsp3) is 0.375. The van der Waals surface area contributed by atoms with Gasteiger partial charge in [-0.3, -0.25) is 0 Å². The van der Waals surface area contributed by atoms with E-state index in [1.807, 2.05) is 19.1 Å².